The molecule has 0 spiro atoms. The minimum Gasteiger partial charge on any atom is -0.300 e. The van der Waals surface area contributed by atoms with Gasteiger partial charge in [-0.25, -0.2) is 35.1 Å². The second kappa shape index (κ2) is 14.3. The van der Waals surface area contributed by atoms with E-state index in [1.165, 1.54) is 107 Å². The van der Waals surface area contributed by atoms with Crippen LogP contribution >= 0.6 is 0 Å². The summed E-state index contributed by atoms with van der Waals surface area (Å²) >= 11 is 0. The predicted molar refractivity (Wildman–Crippen MR) is 212 cm³/mol. The van der Waals surface area contributed by atoms with Crippen molar-refractivity contribution in [2.45, 2.75) is 65.2 Å². The fourth-order valence-electron chi connectivity index (χ4n) is 11.1. The highest BCUT2D eigenvalue weighted by Crippen LogP contribution is 2.54. The van der Waals surface area contributed by atoms with Crippen LogP contribution in [0.3, 0.4) is 0 Å². The van der Waals surface area contributed by atoms with Gasteiger partial charge in [0.1, 0.15) is 5.78 Å². The van der Waals surface area contributed by atoms with Crippen molar-refractivity contribution in [1.29, 1.82) is 0 Å². The van der Waals surface area contributed by atoms with Gasteiger partial charge in [0, 0.05) is 23.7 Å². The van der Waals surface area contributed by atoms with Gasteiger partial charge in [-0.05, 0) is 158 Å². The summed E-state index contributed by atoms with van der Waals surface area (Å²) in [5.74, 6) is -5.76. The van der Waals surface area contributed by atoms with Crippen molar-refractivity contribution in [2.75, 3.05) is 0 Å². The summed E-state index contributed by atoms with van der Waals surface area (Å²) < 4.78 is 110. The quantitative estimate of drug-likeness (QED) is 0.128. The number of carbonyl (C=O) groups is 1. The van der Waals surface area contributed by atoms with Gasteiger partial charge in [-0.3, -0.25) is 0 Å². The Morgan fingerprint density at radius 2 is 0.433 bits per heavy atom. The van der Waals surface area contributed by atoms with Crippen LogP contribution in [-0.2, 0) is 56.2 Å². The van der Waals surface area contributed by atoms with Crippen molar-refractivity contribution in [3.05, 3.63) is 208 Å². The number of halogens is 8. The minimum absolute atomic E-state index is 0.123. The van der Waals surface area contributed by atoms with E-state index in [1.54, 1.807) is 0 Å². The molecule has 4 aromatic rings. The van der Waals surface area contributed by atoms with Gasteiger partial charge in [-0.1, -0.05) is 68.9 Å². The zero-order chi connectivity index (χ0) is 41.9. The Bertz CT molecular complexity index is 2280. The summed E-state index contributed by atoms with van der Waals surface area (Å²) in [5, 5.41) is 0. The normalized spacial score (nSPS) is 23.0. The minimum atomic E-state index is -0.802. The topological polar surface area (TPSA) is 17.1 Å². The van der Waals surface area contributed by atoms with Crippen molar-refractivity contribution >= 4 is 5.78 Å². The number of carbonyl (C=O) groups excluding carboxylic acids is 1. The van der Waals surface area contributed by atoms with Gasteiger partial charge in [0.05, 0.1) is 0 Å². The molecule has 9 heteroatoms. The van der Waals surface area contributed by atoms with Crippen molar-refractivity contribution < 1.29 is 39.9 Å². The Hall–Kier alpha value is -5.57. The lowest BCUT2D eigenvalue weighted by molar-refractivity contribution is -0.115. The summed E-state index contributed by atoms with van der Waals surface area (Å²) in [7, 11) is 0. The van der Waals surface area contributed by atoms with Crippen LogP contribution in [0.15, 0.2) is 117 Å². The van der Waals surface area contributed by atoms with E-state index in [4.69, 9.17) is 0 Å². The van der Waals surface area contributed by atoms with E-state index in [1.807, 2.05) is 0 Å². The molecule has 4 bridgehead atoms. The van der Waals surface area contributed by atoms with E-state index >= 15 is 0 Å². The molecule has 14 rings (SSSR count). The molecule has 1 nitrogen and oxygen atoms in total. The third-order valence-electron chi connectivity index (χ3n) is 13.7. The summed E-state index contributed by atoms with van der Waals surface area (Å²) in [4.78, 5) is 9.44. The van der Waals surface area contributed by atoms with Crippen molar-refractivity contribution in [2.24, 2.45) is 23.7 Å². The van der Waals surface area contributed by atoms with E-state index in [2.05, 4.69) is 24.3 Å². The van der Waals surface area contributed by atoms with Crippen LogP contribution in [0.5, 0.6) is 0 Å². The maximum Gasteiger partial charge on any atom is 0.159 e. The summed E-state index contributed by atoms with van der Waals surface area (Å²) in [6.07, 6.45) is 13.7. The molecule has 0 aliphatic heterocycles. The van der Waals surface area contributed by atoms with Crippen molar-refractivity contribution in [3.63, 3.8) is 0 Å². The molecular formula is C51H38F8O. The number of hydrogen-bond acceptors (Lipinski definition) is 1. The van der Waals surface area contributed by atoms with Crippen molar-refractivity contribution in [3.8, 4) is 0 Å². The van der Waals surface area contributed by atoms with Gasteiger partial charge in [0.2, 0.25) is 0 Å². The third kappa shape index (κ3) is 6.29. The molecule has 10 aliphatic rings. The highest BCUT2D eigenvalue weighted by molar-refractivity contribution is 5.72. The molecule has 4 aromatic carbocycles. The summed E-state index contributed by atoms with van der Waals surface area (Å²) in [5.41, 5.74) is 17.0. The molecular weight excluding hydrogens is 781 g/mol. The summed E-state index contributed by atoms with van der Waals surface area (Å²) in [6, 6.07) is 10.6. The third-order valence-corrected chi connectivity index (χ3v) is 13.7. The molecule has 0 N–H and O–H groups in total. The van der Waals surface area contributed by atoms with Gasteiger partial charge in [-0.15, -0.1) is 0 Å². The second-order valence-electron chi connectivity index (χ2n) is 17.3. The molecule has 0 radical (unpaired) electrons. The van der Waals surface area contributed by atoms with Gasteiger partial charge in [0.25, 0.3) is 0 Å². The van der Waals surface area contributed by atoms with E-state index < -0.39 is 46.5 Å². The fraction of sp³-hybridized carbons (Fsp3) is 0.275. The second-order valence-corrected chi connectivity index (χ2v) is 17.3. The van der Waals surface area contributed by atoms with Crippen LogP contribution in [0.25, 0.3) is 0 Å². The van der Waals surface area contributed by atoms with Crippen LogP contribution in [0.1, 0.15) is 58.4 Å². The Balaban J connectivity index is 0.000000133. The first kappa shape index (κ1) is 38.6. The van der Waals surface area contributed by atoms with Crippen LogP contribution < -0.4 is 0 Å². The van der Waals surface area contributed by atoms with E-state index in [0.717, 1.165) is 44.5 Å². The maximum atomic E-state index is 13.7. The number of Topliss-reactive ketones (excluding diaryl/α,β-unsaturated/α-hetero) is 1. The first-order valence-corrected chi connectivity index (χ1v) is 20.3. The van der Waals surface area contributed by atoms with Crippen LogP contribution in [0.4, 0.5) is 35.1 Å². The van der Waals surface area contributed by atoms with Crippen molar-refractivity contribution in [1.82, 2.24) is 0 Å². The van der Waals surface area contributed by atoms with Gasteiger partial charge < -0.3 is 4.79 Å². The maximum absolute atomic E-state index is 13.7. The largest absolute Gasteiger partial charge is 0.300 e. The molecule has 0 aromatic heterocycles. The number of benzene rings is 4. The Morgan fingerprint density at radius 1 is 0.317 bits per heavy atom. The van der Waals surface area contributed by atoms with E-state index in [9.17, 15) is 39.9 Å². The molecule has 0 saturated heterocycles. The number of allylic oxidation sites excluding steroid dienone is 12. The molecule has 0 heterocycles. The zero-order valence-corrected chi connectivity index (χ0v) is 32.8. The smallest absolute Gasteiger partial charge is 0.159 e. The molecule has 0 saturated carbocycles. The molecule has 0 amide bonds. The van der Waals surface area contributed by atoms with Gasteiger partial charge in [-0.2, -0.15) is 0 Å². The van der Waals surface area contributed by atoms with Crippen LogP contribution in [0, 0.1) is 70.2 Å². The van der Waals surface area contributed by atoms with E-state index in [-0.39, 0.29) is 29.5 Å². The Labute approximate surface area is 342 Å². The molecule has 60 heavy (non-hydrogen) atoms. The molecule has 10 aliphatic carbocycles. The molecule has 304 valence electrons. The molecule has 0 fully saturated rings. The average Bonchev–Trinajstić information content (AvgIpc) is 3.20. The number of fused-ring (bicyclic) bond motifs is 4. The zero-order valence-electron chi connectivity index (χ0n) is 32.8. The average molecular weight is 819 g/mol. The number of ketones is 1. The predicted octanol–water partition coefficient (Wildman–Crippen LogP) is 11.7. The van der Waals surface area contributed by atoms with Crippen LogP contribution in [-0.4, -0.2) is 5.78 Å². The first-order chi connectivity index (χ1) is 28.7. The Kier molecular flexibility index (Phi) is 9.19. The molecule has 0 unspecified atom stereocenters. The first-order valence-electron chi connectivity index (χ1n) is 20.3. The van der Waals surface area contributed by atoms with Gasteiger partial charge >= 0.3 is 0 Å². The van der Waals surface area contributed by atoms with Crippen LogP contribution in [0.2, 0.25) is 0 Å². The number of rotatable bonds is 0. The fourth-order valence-corrected chi connectivity index (χ4v) is 11.1. The number of hydrogen-bond donors (Lipinski definition) is 0. The monoisotopic (exact) mass is 818 g/mol. The van der Waals surface area contributed by atoms with Gasteiger partial charge in [0.15, 0.2) is 46.5 Å². The van der Waals surface area contributed by atoms with E-state index in [0.29, 0.717) is 51.4 Å². The lowest BCUT2D eigenvalue weighted by Gasteiger charge is -2.44. The standard InChI is InChI=1S/2C24H16F4.C3H6O/c2*25-21-7-11-3-17-15-1-2-16(19(17)5-13(11)9-23(21)27)20-6-14-10-24(28)22(26)8-12(14)4-18(15)20;1-3(2)4/h2*1-2,7-10,15-16H,3-6H2;1-2H3. The lowest BCUT2D eigenvalue weighted by atomic mass is 9.60. The summed E-state index contributed by atoms with van der Waals surface area (Å²) in [6.45, 7) is 3.06. The highest BCUT2D eigenvalue weighted by atomic mass is 19.2. The highest BCUT2D eigenvalue weighted by Gasteiger charge is 2.43. The lowest BCUT2D eigenvalue weighted by Crippen LogP contribution is -2.33. The molecule has 0 atom stereocenters. The Morgan fingerprint density at radius 3 is 0.550 bits per heavy atom. The SMILES string of the molecule is CC(C)=O.Fc1cc2c(cc1F)CC1=C(C2)C2C=CC1C1=C2Cc2cc(F)c(F)cc2C1.Fc1cc2c(cc1F)CC1=C(C2)C2C=CC1C1=C2Cc2cc(F)c(F)cc2C1.